The molecule has 132 valence electrons. The quantitative estimate of drug-likeness (QED) is 0.752. The number of carbonyl (C=O) groups excluding carboxylic acids is 1. The summed E-state index contributed by atoms with van der Waals surface area (Å²) in [6.45, 7) is 2.35. The van der Waals surface area contributed by atoms with Crippen LogP contribution in [0.25, 0.3) is 0 Å². The van der Waals surface area contributed by atoms with Crippen molar-refractivity contribution in [3.8, 4) is 0 Å². The molecule has 0 amide bonds. The molecule has 1 aliphatic rings. The van der Waals surface area contributed by atoms with Gasteiger partial charge in [0.05, 0.1) is 25.0 Å². The molecule has 0 spiro atoms. The van der Waals surface area contributed by atoms with Gasteiger partial charge in [-0.05, 0) is 30.4 Å². The summed E-state index contributed by atoms with van der Waals surface area (Å²) in [4.78, 5) is 22.8. The van der Waals surface area contributed by atoms with Crippen molar-refractivity contribution < 1.29 is 14.3 Å². The van der Waals surface area contributed by atoms with E-state index in [1.807, 2.05) is 30.3 Å². The van der Waals surface area contributed by atoms with Gasteiger partial charge in [-0.1, -0.05) is 18.2 Å². The molecule has 0 aliphatic carbocycles. The van der Waals surface area contributed by atoms with E-state index in [-0.39, 0.29) is 5.97 Å². The van der Waals surface area contributed by atoms with Crippen molar-refractivity contribution in [2.75, 3.05) is 32.2 Å². The van der Waals surface area contributed by atoms with Crippen LogP contribution in [0.1, 0.15) is 28.0 Å². The van der Waals surface area contributed by atoms with Crippen molar-refractivity contribution in [2.24, 2.45) is 5.92 Å². The lowest BCUT2D eigenvalue weighted by molar-refractivity contribution is 0.0599. The molecule has 1 aromatic carbocycles. The van der Waals surface area contributed by atoms with Gasteiger partial charge in [0.25, 0.3) is 0 Å². The molecule has 6 nitrogen and oxygen atoms in total. The Balaban J connectivity index is 1.68. The number of rotatable bonds is 6. The third-order valence-electron chi connectivity index (χ3n) is 4.54. The molecule has 2 heterocycles. The summed E-state index contributed by atoms with van der Waals surface area (Å²) in [5, 5.41) is 0. The number of aromatic nitrogens is 2. The summed E-state index contributed by atoms with van der Waals surface area (Å²) in [7, 11) is 3.08. The van der Waals surface area contributed by atoms with Crippen LogP contribution in [0.4, 0.5) is 5.82 Å². The Morgan fingerprint density at radius 3 is 2.92 bits per heavy atom. The van der Waals surface area contributed by atoms with Crippen LogP contribution in [-0.2, 0) is 22.5 Å². The molecule has 1 aromatic heterocycles. The van der Waals surface area contributed by atoms with Gasteiger partial charge in [-0.2, -0.15) is 0 Å². The highest BCUT2D eigenvalue weighted by molar-refractivity contribution is 5.91. The van der Waals surface area contributed by atoms with Crippen molar-refractivity contribution in [2.45, 2.75) is 19.4 Å². The average molecular weight is 341 g/mol. The normalized spacial score (nSPS) is 16.9. The number of esters is 1. The number of hydrogen-bond acceptors (Lipinski definition) is 6. The predicted octanol–water partition coefficient (Wildman–Crippen LogP) is 2.48. The number of anilines is 1. The third-order valence-corrected chi connectivity index (χ3v) is 4.54. The highest BCUT2D eigenvalue weighted by Gasteiger charge is 2.25. The van der Waals surface area contributed by atoms with E-state index in [0.29, 0.717) is 18.1 Å². The fourth-order valence-corrected chi connectivity index (χ4v) is 3.31. The Bertz CT molecular complexity index is 735. The molecule has 1 aliphatic heterocycles. The van der Waals surface area contributed by atoms with E-state index in [9.17, 15) is 4.79 Å². The van der Waals surface area contributed by atoms with Crippen LogP contribution >= 0.6 is 0 Å². The van der Waals surface area contributed by atoms with Crippen LogP contribution in [0.3, 0.4) is 0 Å². The van der Waals surface area contributed by atoms with Gasteiger partial charge in [0, 0.05) is 26.3 Å². The molecular formula is C19H23N3O3. The van der Waals surface area contributed by atoms with Gasteiger partial charge < -0.3 is 14.4 Å². The molecule has 1 atom stereocenters. The maximum Gasteiger partial charge on any atom is 0.338 e. The first-order valence-electron chi connectivity index (χ1n) is 8.42. The van der Waals surface area contributed by atoms with Gasteiger partial charge in [0.15, 0.2) is 0 Å². The summed E-state index contributed by atoms with van der Waals surface area (Å²) in [6, 6.07) is 9.66. The second-order valence-corrected chi connectivity index (χ2v) is 6.25. The van der Waals surface area contributed by atoms with E-state index >= 15 is 0 Å². The summed E-state index contributed by atoms with van der Waals surface area (Å²) >= 11 is 0. The second-order valence-electron chi connectivity index (χ2n) is 6.25. The number of ether oxygens (including phenoxy) is 2. The van der Waals surface area contributed by atoms with Gasteiger partial charge >= 0.3 is 5.97 Å². The summed E-state index contributed by atoms with van der Waals surface area (Å²) in [5.74, 6) is 1.14. The Morgan fingerprint density at radius 1 is 1.28 bits per heavy atom. The fourth-order valence-electron chi connectivity index (χ4n) is 3.31. The van der Waals surface area contributed by atoms with Gasteiger partial charge in [-0.3, -0.25) is 0 Å². The standard InChI is InChI=1S/C19H23N3O3/c1-24-12-16-10-18(21-13-20-16)22-8-7-14(11-22)9-15-5-3-4-6-17(15)19(23)25-2/h3-6,10,13-14H,7-9,11-12H2,1-2H3. The minimum Gasteiger partial charge on any atom is -0.465 e. The van der Waals surface area contributed by atoms with Crippen molar-refractivity contribution in [1.29, 1.82) is 0 Å². The zero-order valence-electron chi connectivity index (χ0n) is 14.6. The van der Waals surface area contributed by atoms with Crippen LogP contribution in [0.15, 0.2) is 36.7 Å². The zero-order chi connectivity index (χ0) is 17.6. The molecule has 0 radical (unpaired) electrons. The van der Waals surface area contributed by atoms with E-state index in [0.717, 1.165) is 43.0 Å². The molecule has 1 unspecified atom stereocenters. The summed E-state index contributed by atoms with van der Waals surface area (Å²) in [6.07, 6.45) is 3.51. The topological polar surface area (TPSA) is 64.5 Å². The van der Waals surface area contributed by atoms with Gasteiger partial charge in [-0.25, -0.2) is 14.8 Å². The van der Waals surface area contributed by atoms with E-state index in [2.05, 4.69) is 14.9 Å². The molecule has 2 aromatic rings. The molecule has 1 saturated heterocycles. The zero-order valence-corrected chi connectivity index (χ0v) is 14.6. The lowest BCUT2D eigenvalue weighted by Crippen LogP contribution is -2.22. The van der Waals surface area contributed by atoms with Crippen molar-refractivity contribution in [3.63, 3.8) is 0 Å². The van der Waals surface area contributed by atoms with Crippen LogP contribution in [-0.4, -0.2) is 43.2 Å². The maximum atomic E-state index is 11.9. The Kier molecular flexibility index (Phi) is 5.60. The molecule has 3 rings (SSSR count). The summed E-state index contributed by atoms with van der Waals surface area (Å²) in [5.41, 5.74) is 2.59. The molecular weight excluding hydrogens is 318 g/mol. The lowest BCUT2D eigenvalue weighted by Gasteiger charge is -2.18. The smallest absolute Gasteiger partial charge is 0.338 e. The van der Waals surface area contributed by atoms with Crippen molar-refractivity contribution in [1.82, 2.24) is 9.97 Å². The summed E-state index contributed by atoms with van der Waals surface area (Å²) < 4.78 is 10.0. The van der Waals surface area contributed by atoms with Crippen LogP contribution in [0, 0.1) is 5.92 Å². The van der Waals surface area contributed by atoms with Crippen LogP contribution in [0.5, 0.6) is 0 Å². The SMILES string of the molecule is COCc1cc(N2CCC(Cc3ccccc3C(=O)OC)C2)ncn1. The van der Waals surface area contributed by atoms with E-state index < -0.39 is 0 Å². The first kappa shape index (κ1) is 17.4. The van der Waals surface area contributed by atoms with Gasteiger partial charge in [-0.15, -0.1) is 0 Å². The first-order chi connectivity index (χ1) is 12.2. The number of benzene rings is 1. The minimum absolute atomic E-state index is 0.273. The van der Waals surface area contributed by atoms with E-state index in [1.165, 1.54) is 7.11 Å². The Labute approximate surface area is 147 Å². The van der Waals surface area contributed by atoms with Crippen LogP contribution < -0.4 is 4.90 Å². The van der Waals surface area contributed by atoms with Crippen molar-refractivity contribution >= 4 is 11.8 Å². The second kappa shape index (κ2) is 8.07. The molecule has 25 heavy (non-hydrogen) atoms. The molecule has 6 heteroatoms. The monoisotopic (exact) mass is 341 g/mol. The predicted molar refractivity (Wildman–Crippen MR) is 94.6 cm³/mol. The Morgan fingerprint density at radius 2 is 2.12 bits per heavy atom. The van der Waals surface area contributed by atoms with Gasteiger partial charge in [0.1, 0.15) is 12.1 Å². The number of nitrogens with zero attached hydrogens (tertiary/aromatic N) is 3. The number of methoxy groups -OCH3 is 2. The number of hydrogen-bond donors (Lipinski definition) is 0. The lowest BCUT2D eigenvalue weighted by atomic mass is 9.95. The largest absolute Gasteiger partial charge is 0.465 e. The van der Waals surface area contributed by atoms with Gasteiger partial charge in [0.2, 0.25) is 0 Å². The Hall–Kier alpha value is -2.47. The third kappa shape index (κ3) is 4.14. The van der Waals surface area contributed by atoms with Crippen LogP contribution in [0.2, 0.25) is 0 Å². The highest BCUT2D eigenvalue weighted by atomic mass is 16.5. The first-order valence-corrected chi connectivity index (χ1v) is 8.42. The van der Waals surface area contributed by atoms with Crippen molar-refractivity contribution in [3.05, 3.63) is 53.5 Å². The molecule has 1 fully saturated rings. The fraction of sp³-hybridized carbons (Fsp3) is 0.421. The highest BCUT2D eigenvalue weighted by Crippen LogP contribution is 2.26. The maximum absolute atomic E-state index is 11.9. The number of carbonyl (C=O) groups is 1. The average Bonchev–Trinajstić information content (AvgIpc) is 3.11. The molecule has 0 N–H and O–H groups in total. The minimum atomic E-state index is -0.273. The van der Waals surface area contributed by atoms with E-state index in [1.54, 1.807) is 13.4 Å². The molecule has 0 saturated carbocycles. The molecule has 0 bridgehead atoms. The van der Waals surface area contributed by atoms with E-state index in [4.69, 9.17) is 9.47 Å².